The van der Waals surface area contributed by atoms with Gasteiger partial charge in [0.05, 0.1) is 12.2 Å². The number of aryl methyl sites for hydroxylation is 1. The number of nitrogens with one attached hydrogen (secondary N) is 1. The predicted octanol–water partition coefficient (Wildman–Crippen LogP) is 2.65. The van der Waals surface area contributed by atoms with Gasteiger partial charge in [-0.15, -0.1) is 0 Å². The molecule has 1 aliphatic carbocycles. The van der Waals surface area contributed by atoms with Crippen molar-refractivity contribution in [2.45, 2.75) is 57.9 Å². The number of pyridine rings is 1. The van der Waals surface area contributed by atoms with Gasteiger partial charge in [-0.05, 0) is 49.1 Å². The molecule has 0 unspecified atom stereocenters. The molecular formula is C23H29N3O2. The smallest absolute Gasteiger partial charge is 0.241 e. The van der Waals surface area contributed by atoms with Crippen LogP contribution in [0, 0.1) is 6.92 Å². The van der Waals surface area contributed by atoms with Crippen LogP contribution in [0.3, 0.4) is 0 Å². The van der Waals surface area contributed by atoms with Crippen molar-refractivity contribution in [3.63, 3.8) is 0 Å². The van der Waals surface area contributed by atoms with E-state index in [1.54, 1.807) is 6.20 Å². The maximum atomic E-state index is 13.6. The summed E-state index contributed by atoms with van der Waals surface area (Å²) in [5.41, 5.74) is 4.23. The number of benzene rings is 1. The van der Waals surface area contributed by atoms with Gasteiger partial charge in [-0.2, -0.15) is 0 Å². The second-order valence-electron chi connectivity index (χ2n) is 8.30. The van der Waals surface area contributed by atoms with Crippen LogP contribution in [-0.4, -0.2) is 46.6 Å². The molecular weight excluding hydrogens is 350 g/mol. The number of carbonyl (C=O) groups excluding carboxylic acids is 1. The minimum Gasteiger partial charge on any atom is -0.373 e. The zero-order valence-corrected chi connectivity index (χ0v) is 16.9. The third kappa shape index (κ3) is 3.56. The monoisotopic (exact) mass is 379 g/mol. The molecule has 148 valence electrons. The Kier molecular flexibility index (Phi) is 5.21. The van der Waals surface area contributed by atoms with Crippen LogP contribution in [0.2, 0.25) is 0 Å². The lowest BCUT2D eigenvalue weighted by Crippen LogP contribution is -2.64. The van der Waals surface area contributed by atoms with Crippen LogP contribution in [0.5, 0.6) is 0 Å². The molecule has 0 bridgehead atoms. The molecule has 1 aliphatic heterocycles. The molecule has 5 nitrogen and oxygen atoms in total. The maximum absolute atomic E-state index is 13.6. The van der Waals surface area contributed by atoms with Crippen molar-refractivity contribution in [2.24, 2.45) is 0 Å². The molecule has 1 amide bonds. The summed E-state index contributed by atoms with van der Waals surface area (Å²) in [6.07, 6.45) is 5.38. The lowest BCUT2D eigenvalue weighted by molar-refractivity contribution is -0.144. The largest absolute Gasteiger partial charge is 0.373 e. The molecule has 5 heteroatoms. The van der Waals surface area contributed by atoms with Crippen LogP contribution in [0.25, 0.3) is 0 Å². The average Bonchev–Trinajstić information content (AvgIpc) is 3.07. The van der Waals surface area contributed by atoms with Gasteiger partial charge in [-0.25, -0.2) is 0 Å². The average molecular weight is 380 g/mol. The third-order valence-electron chi connectivity index (χ3n) is 6.11. The first-order valence-electron chi connectivity index (χ1n) is 10.1. The number of hydrogen-bond acceptors (Lipinski definition) is 4. The van der Waals surface area contributed by atoms with E-state index >= 15 is 0 Å². The van der Waals surface area contributed by atoms with Gasteiger partial charge in [0.15, 0.2) is 0 Å². The van der Waals surface area contributed by atoms with Crippen molar-refractivity contribution >= 4 is 5.91 Å². The van der Waals surface area contributed by atoms with Gasteiger partial charge in [0.2, 0.25) is 5.91 Å². The Bertz CT molecular complexity index is 831. The van der Waals surface area contributed by atoms with E-state index in [2.05, 4.69) is 53.3 Å². The van der Waals surface area contributed by atoms with E-state index in [1.807, 2.05) is 19.2 Å². The molecule has 1 saturated heterocycles. The summed E-state index contributed by atoms with van der Waals surface area (Å²) in [6, 6.07) is 10.4. The van der Waals surface area contributed by atoms with E-state index in [9.17, 15) is 4.79 Å². The first kappa shape index (κ1) is 19.1. The van der Waals surface area contributed by atoms with Crippen molar-refractivity contribution in [3.05, 3.63) is 65.0 Å². The van der Waals surface area contributed by atoms with E-state index < -0.39 is 5.54 Å². The van der Waals surface area contributed by atoms with Crippen LogP contribution in [0.15, 0.2) is 42.7 Å². The minimum atomic E-state index is -0.545. The van der Waals surface area contributed by atoms with Gasteiger partial charge in [0.1, 0.15) is 5.54 Å². The molecule has 2 aromatic rings. The fourth-order valence-corrected chi connectivity index (χ4v) is 4.69. The van der Waals surface area contributed by atoms with Crippen molar-refractivity contribution in [3.8, 4) is 0 Å². The lowest BCUT2D eigenvalue weighted by Gasteiger charge is -2.45. The summed E-state index contributed by atoms with van der Waals surface area (Å²) in [5, 5.41) is 3.24. The summed E-state index contributed by atoms with van der Waals surface area (Å²) >= 11 is 0. The SMILES string of the molecule is Cc1cnccc1CNC(=O)C1(N2C[C@@H](C)O[C@@H](C)C2)Cc2ccccc2C1. The van der Waals surface area contributed by atoms with Crippen LogP contribution in [-0.2, 0) is 28.9 Å². The fourth-order valence-electron chi connectivity index (χ4n) is 4.69. The lowest BCUT2D eigenvalue weighted by atomic mass is 9.90. The topological polar surface area (TPSA) is 54.5 Å². The molecule has 1 aromatic heterocycles. The molecule has 2 heterocycles. The summed E-state index contributed by atoms with van der Waals surface area (Å²) in [6.45, 7) is 8.30. The number of amides is 1. The molecule has 2 atom stereocenters. The highest BCUT2D eigenvalue weighted by Crippen LogP contribution is 2.36. The van der Waals surface area contributed by atoms with Crippen molar-refractivity contribution in [1.82, 2.24) is 15.2 Å². The van der Waals surface area contributed by atoms with Crippen molar-refractivity contribution in [1.29, 1.82) is 0 Å². The highest BCUT2D eigenvalue weighted by Gasteiger charge is 2.49. The number of nitrogens with zero attached hydrogens (tertiary/aromatic N) is 2. The van der Waals surface area contributed by atoms with Gasteiger partial charge < -0.3 is 10.1 Å². The number of hydrogen-bond donors (Lipinski definition) is 1. The number of aromatic nitrogens is 1. The van der Waals surface area contributed by atoms with E-state index in [-0.39, 0.29) is 18.1 Å². The number of rotatable bonds is 4. The van der Waals surface area contributed by atoms with E-state index in [4.69, 9.17) is 4.74 Å². The first-order valence-corrected chi connectivity index (χ1v) is 10.1. The zero-order chi connectivity index (χ0) is 19.7. The molecule has 4 rings (SSSR count). The number of morpholine rings is 1. The Labute approximate surface area is 167 Å². The molecule has 1 N–H and O–H groups in total. The van der Waals surface area contributed by atoms with Crippen molar-refractivity contribution in [2.75, 3.05) is 13.1 Å². The van der Waals surface area contributed by atoms with Gasteiger partial charge >= 0.3 is 0 Å². The first-order chi connectivity index (χ1) is 13.5. The van der Waals surface area contributed by atoms with Crippen LogP contribution in [0.1, 0.15) is 36.1 Å². The normalized spacial score (nSPS) is 24.0. The molecule has 2 aliphatic rings. The summed E-state index contributed by atoms with van der Waals surface area (Å²) in [7, 11) is 0. The second-order valence-corrected chi connectivity index (χ2v) is 8.30. The summed E-state index contributed by atoms with van der Waals surface area (Å²) in [4.78, 5) is 20.1. The maximum Gasteiger partial charge on any atom is 0.241 e. The van der Waals surface area contributed by atoms with Crippen molar-refractivity contribution < 1.29 is 9.53 Å². The second kappa shape index (κ2) is 7.64. The Morgan fingerprint density at radius 2 is 1.82 bits per heavy atom. The number of fused-ring (bicyclic) bond motifs is 1. The fraction of sp³-hybridized carbons (Fsp3) is 0.478. The van der Waals surface area contributed by atoms with Crippen LogP contribution < -0.4 is 5.32 Å². The predicted molar refractivity (Wildman–Crippen MR) is 109 cm³/mol. The highest BCUT2D eigenvalue weighted by atomic mass is 16.5. The van der Waals surface area contributed by atoms with Crippen LogP contribution >= 0.6 is 0 Å². The Morgan fingerprint density at radius 3 is 2.43 bits per heavy atom. The van der Waals surface area contributed by atoms with Gasteiger partial charge in [-0.3, -0.25) is 14.7 Å². The number of ether oxygens (including phenoxy) is 1. The summed E-state index contributed by atoms with van der Waals surface area (Å²) in [5.74, 6) is 0.112. The van der Waals surface area contributed by atoms with Gasteiger partial charge in [0, 0.05) is 44.9 Å². The molecule has 0 spiro atoms. The summed E-state index contributed by atoms with van der Waals surface area (Å²) < 4.78 is 5.94. The molecule has 0 saturated carbocycles. The standard InChI is InChI=1S/C23H29N3O2/c1-16-12-24-9-8-21(16)13-25-22(27)23(26-14-17(2)28-18(3)15-26)10-19-6-4-5-7-20(19)11-23/h4-9,12,17-18H,10-11,13-15H2,1-3H3,(H,25,27)/t17-,18+. The Hall–Kier alpha value is -2.24. The van der Waals surface area contributed by atoms with E-state index in [0.29, 0.717) is 6.54 Å². The van der Waals surface area contributed by atoms with Crippen LogP contribution in [0.4, 0.5) is 0 Å². The highest BCUT2D eigenvalue weighted by molar-refractivity contribution is 5.88. The third-order valence-corrected chi connectivity index (χ3v) is 6.11. The molecule has 1 aromatic carbocycles. The zero-order valence-electron chi connectivity index (χ0n) is 16.9. The molecule has 0 radical (unpaired) electrons. The van der Waals surface area contributed by atoms with E-state index in [0.717, 1.165) is 37.1 Å². The van der Waals surface area contributed by atoms with Gasteiger partial charge in [-0.1, -0.05) is 24.3 Å². The molecule has 1 fully saturated rings. The Balaban J connectivity index is 1.60. The minimum absolute atomic E-state index is 0.112. The van der Waals surface area contributed by atoms with E-state index in [1.165, 1.54) is 11.1 Å². The number of carbonyl (C=O) groups is 1. The molecule has 28 heavy (non-hydrogen) atoms. The van der Waals surface area contributed by atoms with Gasteiger partial charge in [0.25, 0.3) is 0 Å². The Morgan fingerprint density at radius 1 is 1.18 bits per heavy atom. The quantitative estimate of drug-likeness (QED) is 0.887.